The first-order chi connectivity index (χ1) is 9.58. The topological polar surface area (TPSA) is 50.9 Å². The lowest BCUT2D eigenvalue weighted by Gasteiger charge is -2.14. The van der Waals surface area contributed by atoms with Gasteiger partial charge < -0.3 is 9.67 Å². The summed E-state index contributed by atoms with van der Waals surface area (Å²) in [6, 6.07) is 7.10. The predicted molar refractivity (Wildman–Crippen MR) is 80.0 cm³/mol. The minimum Gasteiger partial charge on any atom is -0.507 e. The average molecular weight is 288 g/mol. The summed E-state index contributed by atoms with van der Waals surface area (Å²) in [6.45, 7) is 4.15. The molecule has 0 aliphatic rings. The highest BCUT2D eigenvalue weighted by Crippen LogP contribution is 2.34. The van der Waals surface area contributed by atoms with Crippen LogP contribution in [0.3, 0.4) is 0 Å². The molecule has 102 valence electrons. The summed E-state index contributed by atoms with van der Waals surface area (Å²) >= 11 is 6.04. The molecule has 0 saturated heterocycles. The van der Waals surface area contributed by atoms with E-state index in [-0.39, 0.29) is 11.8 Å². The zero-order valence-electron chi connectivity index (χ0n) is 11.2. The number of pyridine rings is 1. The second-order valence-electron chi connectivity index (χ2n) is 4.93. The highest BCUT2D eigenvalue weighted by atomic mass is 35.5. The van der Waals surface area contributed by atoms with Gasteiger partial charge >= 0.3 is 0 Å². The van der Waals surface area contributed by atoms with Crippen LogP contribution in [0.5, 0.6) is 5.75 Å². The molecular formula is C15H14ClN3O. The van der Waals surface area contributed by atoms with E-state index in [1.54, 1.807) is 30.6 Å². The van der Waals surface area contributed by atoms with Gasteiger partial charge in [-0.05, 0) is 38.1 Å². The number of rotatable bonds is 2. The molecule has 3 aromatic rings. The van der Waals surface area contributed by atoms with Crippen LogP contribution in [0.25, 0.3) is 22.4 Å². The Kier molecular flexibility index (Phi) is 3.10. The molecule has 3 rings (SSSR count). The van der Waals surface area contributed by atoms with Crippen LogP contribution in [-0.4, -0.2) is 19.6 Å². The van der Waals surface area contributed by atoms with Crippen LogP contribution in [0.4, 0.5) is 0 Å². The molecule has 0 spiro atoms. The largest absolute Gasteiger partial charge is 0.507 e. The molecule has 0 saturated carbocycles. The zero-order chi connectivity index (χ0) is 14.3. The highest BCUT2D eigenvalue weighted by Gasteiger charge is 2.17. The minimum atomic E-state index is 0.166. The van der Waals surface area contributed by atoms with Gasteiger partial charge in [-0.15, -0.1) is 0 Å². The van der Waals surface area contributed by atoms with E-state index in [0.717, 1.165) is 11.0 Å². The number of phenols is 1. The molecule has 0 aliphatic heterocycles. The Bertz CT molecular complexity index is 780. The van der Waals surface area contributed by atoms with E-state index in [4.69, 9.17) is 11.6 Å². The van der Waals surface area contributed by atoms with Crippen LogP contribution in [0.2, 0.25) is 5.02 Å². The SMILES string of the molecule is CC(C)n1c(-c2cc(Cl)ccc2O)nc2cnccc21. The number of aromatic nitrogens is 3. The number of phenolic OH excluding ortho intramolecular Hbond substituents is 1. The number of halogens is 1. The molecule has 1 N–H and O–H groups in total. The first-order valence-electron chi connectivity index (χ1n) is 6.39. The van der Waals surface area contributed by atoms with Gasteiger partial charge in [0.15, 0.2) is 0 Å². The summed E-state index contributed by atoms with van der Waals surface area (Å²) in [6.07, 6.45) is 3.46. The molecule has 20 heavy (non-hydrogen) atoms. The van der Waals surface area contributed by atoms with Crippen LogP contribution in [-0.2, 0) is 0 Å². The number of hydrogen-bond donors (Lipinski definition) is 1. The summed E-state index contributed by atoms with van der Waals surface area (Å²) < 4.78 is 2.07. The summed E-state index contributed by atoms with van der Waals surface area (Å²) in [5.41, 5.74) is 2.42. The average Bonchev–Trinajstić information content (AvgIpc) is 2.80. The van der Waals surface area contributed by atoms with Crippen LogP contribution in [0, 0.1) is 0 Å². The summed E-state index contributed by atoms with van der Waals surface area (Å²) in [7, 11) is 0. The van der Waals surface area contributed by atoms with Crippen molar-refractivity contribution in [2.75, 3.05) is 0 Å². The van der Waals surface area contributed by atoms with Gasteiger partial charge in [-0.2, -0.15) is 0 Å². The summed E-state index contributed by atoms with van der Waals surface area (Å²) in [4.78, 5) is 8.68. The summed E-state index contributed by atoms with van der Waals surface area (Å²) in [5, 5.41) is 10.7. The number of aromatic hydroxyl groups is 1. The number of hydrogen-bond acceptors (Lipinski definition) is 3. The van der Waals surface area contributed by atoms with Crippen LogP contribution < -0.4 is 0 Å². The first kappa shape index (κ1) is 12.9. The fourth-order valence-corrected chi connectivity index (χ4v) is 2.52. The number of fused-ring (bicyclic) bond motifs is 1. The van der Waals surface area contributed by atoms with Crippen molar-refractivity contribution in [3.63, 3.8) is 0 Å². The van der Waals surface area contributed by atoms with E-state index in [1.807, 2.05) is 6.07 Å². The zero-order valence-corrected chi connectivity index (χ0v) is 12.0. The van der Waals surface area contributed by atoms with E-state index in [9.17, 15) is 5.11 Å². The maximum atomic E-state index is 10.1. The smallest absolute Gasteiger partial charge is 0.145 e. The number of imidazole rings is 1. The van der Waals surface area contributed by atoms with Gasteiger partial charge in [0, 0.05) is 17.3 Å². The first-order valence-corrected chi connectivity index (χ1v) is 6.76. The lowest BCUT2D eigenvalue weighted by molar-refractivity contribution is 0.476. The Labute approximate surface area is 121 Å². The van der Waals surface area contributed by atoms with Gasteiger partial charge in [-0.1, -0.05) is 11.6 Å². The molecule has 4 nitrogen and oxygen atoms in total. The quantitative estimate of drug-likeness (QED) is 0.774. The molecule has 0 fully saturated rings. The van der Waals surface area contributed by atoms with E-state index < -0.39 is 0 Å². The maximum absolute atomic E-state index is 10.1. The fraction of sp³-hybridized carbons (Fsp3) is 0.200. The van der Waals surface area contributed by atoms with Crippen LogP contribution in [0.1, 0.15) is 19.9 Å². The molecule has 0 bridgehead atoms. The van der Waals surface area contributed by atoms with Crippen molar-refractivity contribution >= 4 is 22.6 Å². The highest BCUT2D eigenvalue weighted by molar-refractivity contribution is 6.30. The Hall–Kier alpha value is -2.07. The number of nitrogens with zero attached hydrogens (tertiary/aromatic N) is 3. The molecule has 0 radical (unpaired) electrons. The van der Waals surface area contributed by atoms with Crippen molar-refractivity contribution in [3.05, 3.63) is 41.7 Å². The van der Waals surface area contributed by atoms with Gasteiger partial charge in [0.1, 0.15) is 17.1 Å². The van der Waals surface area contributed by atoms with Gasteiger partial charge in [-0.25, -0.2) is 4.98 Å². The third-order valence-electron chi connectivity index (χ3n) is 3.21. The molecule has 2 aromatic heterocycles. The fourth-order valence-electron chi connectivity index (χ4n) is 2.35. The van der Waals surface area contributed by atoms with Crippen molar-refractivity contribution in [3.8, 4) is 17.1 Å². The molecule has 0 unspecified atom stereocenters. The predicted octanol–water partition coefficient (Wildman–Crippen LogP) is 4.04. The van der Waals surface area contributed by atoms with Gasteiger partial charge in [0.25, 0.3) is 0 Å². The molecular weight excluding hydrogens is 274 g/mol. The van der Waals surface area contributed by atoms with Crippen molar-refractivity contribution < 1.29 is 5.11 Å². The number of benzene rings is 1. The van der Waals surface area contributed by atoms with E-state index in [1.165, 1.54) is 0 Å². The summed E-state index contributed by atoms with van der Waals surface area (Å²) in [5.74, 6) is 0.863. The second kappa shape index (κ2) is 4.80. The standard InChI is InChI=1S/C15H14ClN3O/c1-9(2)19-13-5-6-17-8-12(13)18-15(19)11-7-10(16)3-4-14(11)20/h3-9,20H,1-2H3. The lowest BCUT2D eigenvalue weighted by atomic mass is 10.2. The molecule has 0 atom stereocenters. The van der Waals surface area contributed by atoms with Gasteiger partial charge in [0.05, 0.1) is 17.3 Å². The molecule has 2 heterocycles. The van der Waals surface area contributed by atoms with Gasteiger partial charge in [-0.3, -0.25) is 4.98 Å². The molecule has 0 amide bonds. The molecule has 1 aromatic carbocycles. The third-order valence-corrected chi connectivity index (χ3v) is 3.44. The molecule has 5 heteroatoms. The van der Waals surface area contributed by atoms with E-state index in [0.29, 0.717) is 16.4 Å². The van der Waals surface area contributed by atoms with Crippen molar-refractivity contribution in [2.45, 2.75) is 19.9 Å². The Morgan fingerprint density at radius 1 is 1.25 bits per heavy atom. The van der Waals surface area contributed by atoms with E-state index >= 15 is 0 Å². The van der Waals surface area contributed by atoms with Crippen molar-refractivity contribution in [1.29, 1.82) is 0 Å². The Morgan fingerprint density at radius 3 is 2.80 bits per heavy atom. The normalized spacial score (nSPS) is 11.4. The molecule has 0 aliphatic carbocycles. The Morgan fingerprint density at radius 2 is 2.05 bits per heavy atom. The minimum absolute atomic E-state index is 0.166. The van der Waals surface area contributed by atoms with Crippen molar-refractivity contribution in [1.82, 2.24) is 14.5 Å². The maximum Gasteiger partial charge on any atom is 0.145 e. The third kappa shape index (κ3) is 2.02. The lowest BCUT2D eigenvalue weighted by Crippen LogP contribution is -2.03. The van der Waals surface area contributed by atoms with E-state index in [2.05, 4.69) is 28.4 Å². The van der Waals surface area contributed by atoms with Crippen molar-refractivity contribution in [2.24, 2.45) is 0 Å². The second-order valence-corrected chi connectivity index (χ2v) is 5.36. The van der Waals surface area contributed by atoms with Crippen LogP contribution >= 0.6 is 11.6 Å². The monoisotopic (exact) mass is 287 g/mol. The van der Waals surface area contributed by atoms with Crippen LogP contribution in [0.15, 0.2) is 36.7 Å². The van der Waals surface area contributed by atoms with Gasteiger partial charge in [0.2, 0.25) is 0 Å². The Balaban J connectivity index is 2.35.